The van der Waals surface area contributed by atoms with Crippen molar-refractivity contribution < 1.29 is 0 Å². The van der Waals surface area contributed by atoms with Crippen LogP contribution in [0.3, 0.4) is 0 Å². The monoisotopic (exact) mass is 354 g/mol. The molecule has 0 aromatic heterocycles. The van der Waals surface area contributed by atoms with E-state index in [2.05, 4.69) is 85.2 Å². The Balaban J connectivity index is 2.60. The lowest BCUT2D eigenvalue weighted by Crippen LogP contribution is -2.34. The molecule has 0 saturated carbocycles. The molecule has 0 radical (unpaired) electrons. The van der Waals surface area contributed by atoms with Crippen LogP contribution in [0.2, 0.25) is 0 Å². The number of rotatable bonds is 9. The van der Waals surface area contributed by atoms with Crippen LogP contribution in [0.5, 0.6) is 0 Å². The fraction of sp³-hybridized carbons (Fsp3) is 0.667. The van der Waals surface area contributed by atoms with Crippen molar-refractivity contribution in [3.8, 4) is 0 Å². The average molecular weight is 355 g/mol. The van der Waals surface area contributed by atoms with Gasteiger partial charge in [0.1, 0.15) is 0 Å². The molecule has 1 atom stereocenters. The van der Waals surface area contributed by atoms with Crippen LogP contribution in [-0.2, 0) is 0 Å². The van der Waals surface area contributed by atoms with Crippen molar-refractivity contribution in [3.63, 3.8) is 0 Å². The summed E-state index contributed by atoms with van der Waals surface area (Å²) in [5, 5.41) is 3.46. The lowest BCUT2D eigenvalue weighted by atomic mass is 10.0. The topological polar surface area (TPSA) is 15.3 Å². The summed E-state index contributed by atoms with van der Waals surface area (Å²) in [4.78, 5) is 2.61. The van der Waals surface area contributed by atoms with Gasteiger partial charge in [0.15, 0.2) is 0 Å². The Morgan fingerprint density at radius 3 is 1.95 bits per heavy atom. The van der Waals surface area contributed by atoms with Crippen LogP contribution in [0.4, 0.5) is 0 Å². The standard InChI is InChI=1S/C18H31BrN2/c1-14(2)12-21(13-15(3)4)11-10-18(20-5)16-6-8-17(19)9-7-16/h6-9,14-15,18,20H,10-13H2,1-5H3. The second-order valence-electron chi connectivity index (χ2n) is 6.73. The third-order valence-corrected chi connectivity index (χ3v) is 4.13. The van der Waals surface area contributed by atoms with Gasteiger partial charge in [0.05, 0.1) is 0 Å². The summed E-state index contributed by atoms with van der Waals surface area (Å²) in [5.74, 6) is 1.45. The lowest BCUT2D eigenvalue weighted by molar-refractivity contribution is 0.209. The Hall–Kier alpha value is -0.380. The zero-order chi connectivity index (χ0) is 15.8. The van der Waals surface area contributed by atoms with Crippen molar-refractivity contribution in [2.75, 3.05) is 26.7 Å². The fourth-order valence-electron chi connectivity index (χ4n) is 2.77. The van der Waals surface area contributed by atoms with Gasteiger partial charge in [-0.05, 0) is 49.5 Å². The van der Waals surface area contributed by atoms with E-state index in [1.807, 2.05) is 0 Å². The van der Waals surface area contributed by atoms with E-state index < -0.39 is 0 Å². The Kier molecular flexibility index (Phi) is 8.53. The first-order valence-electron chi connectivity index (χ1n) is 8.07. The molecule has 1 rings (SSSR count). The number of benzene rings is 1. The molecular weight excluding hydrogens is 324 g/mol. The Labute approximate surface area is 139 Å². The SMILES string of the molecule is CNC(CCN(CC(C)C)CC(C)C)c1ccc(Br)cc1. The minimum absolute atomic E-state index is 0.430. The molecule has 0 heterocycles. The predicted octanol–water partition coefficient (Wildman–Crippen LogP) is 4.71. The molecule has 1 N–H and O–H groups in total. The molecule has 0 amide bonds. The van der Waals surface area contributed by atoms with Crippen LogP contribution in [-0.4, -0.2) is 31.6 Å². The van der Waals surface area contributed by atoms with Gasteiger partial charge in [-0.1, -0.05) is 55.8 Å². The van der Waals surface area contributed by atoms with Gasteiger partial charge in [-0.2, -0.15) is 0 Å². The normalized spacial score (nSPS) is 13.4. The first-order valence-corrected chi connectivity index (χ1v) is 8.86. The van der Waals surface area contributed by atoms with Crippen molar-refractivity contribution >= 4 is 15.9 Å². The van der Waals surface area contributed by atoms with Gasteiger partial charge in [-0.15, -0.1) is 0 Å². The summed E-state index contributed by atoms with van der Waals surface area (Å²) < 4.78 is 1.14. The zero-order valence-electron chi connectivity index (χ0n) is 14.2. The highest BCUT2D eigenvalue weighted by Crippen LogP contribution is 2.20. The van der Waals surface area contributed by atoms with E-state index in [0.717, 1.165) is 29.3 Å². The lowest BCUT2D eigenvalue weighted by Gasteiger charge is -2.28. The Morgan fingerprint density at radius 1 is 1.00 bits per heavy atom. The minimum atomic E-state index is 0.430. The highest BCUT2D eigenvalue weighted by atomic mass is 79.9. The Morgan fingerprint density at radius 2 is 1.52 bits per heavy atom. The van der Waals surface area contributed by atoms with E-state index in [-0.39, 0.29) is 0 Å². The molecule has 1 unspecified atom stereocenters. The number of halogens is 1. The summed E-state index contributed by atoms with van der Waals surface area (Å²) in [7, 11) is 2.06. The van der Waals surface area contributed by atoms with Crippen molar-refractivity contribution in [2.24, 2.45) is 11.8 Å². The number of nitrogens with zero attached hydrogens (tertiary/aromatic N) is 1. The van der Waals surface area contributed by atoms with E-state index in [1.54, 1.807) is 0 Å². The number of hydrogen-bond donors (Lipinski definition) is 1. The fourth-order valence-corrected chi connectivity index (χ4v) is 3.04. The molecule has 0 fully saturated rings. The summed E-state index contributed by atoms with van der Waals surface area (Å²) in [6.45, 7) is 12.7. The van der Waals surface area contributed by atoms with Crippen molar-refractivity contribution in [3.05, 3.63) is 34.3 Å². The first-order chi connectivity index (χ1) is 9.92. The van der Waals surface area contributed by atoms with E-state index in [4.69, 9.17) is 0 Å². The zero-order valence-corrected chi connectivity index (χ0v) is 15.8. The van der Waals surface area contributed by atoms with Gasteiger partial charge in [0, 0.05) is 23.6 Å². The summed E-state index contributed by atoms with van der Waals surface area (Å²) in [6.07, 6.45) is 1.15. The summed E-state index contributed by atoms with van der Waals surface area (Å²) >= 11 is 3.50. The van der Waals surface area contributed by atoms with Crippen LogP contribution >= 0.6 is 15.9 Å². The van der Waals surface area contributed by atoms with E-state index in [0.29, 0.717) is 6.04 Å². The molecule has 21 heavy (non-hydrogen) atoms. The van der Waals surface area contributed by atoms with Crippen LogP contribution in [0, 0.1) is 11.8 Å². The molecule has 0 bridgehead atoms. The van der Waals surface area contributed by atoms with E-state index in [1.165, 1.54) is 18.7 Å². The maximum Gasteiger partial charge on any atom is 0.0329 e. The summed E-state index contributed by atoms with van der Waals surface area (Å²) in [5.41, 5.74) is 1.37. The molecule has 0 aliphatic heterocycles. The van der Waals surface area contributed by atoms with Crippen LogP contribution < -0.4 is 5.32 Å². The molecule has 1 aromatic rings. The van der Waals surface area contributed by atoms with Gasteiger partial charge in [-0.25, -0.2) is 0 Å². The molecule has 2 nitrogen and oxygen atoms in total. The third-order valence-electron chi connectivity index (χ3n) is 3.60. The van der Waals surface area contributed by atoms with E-state index in [9.17, 15) is 0 Å². The second-order valence-corrected chi connectivity index (χ2v) is 7.64. The van der Waals surface area contributed by atoms with E-state index >= 15 is 0 Å². The van der Waals surface area contributed by atoms with Crippen molar-refractivity contribution in [1.29, 1.82) is 0 Å². The molecule has 0 aliphatic carbocycles. The second kappa shape index (κ2) is 9.60. The molecule has 0 aliphatic rings. The molecule has 1 aromatic carbocycles. The maximum absolute atomic E-state index is 3.50. The van der Waals surface area contributed by atoms with Crippen LogP contribution in [0.1, 0.15) is 45.7 Å². The molecular formula is C18H31BrN2. The largest absolute Gasteiger partial charge is 0.313 e. The smallest absolute Gasteiger partial charge is 0.0329 e. The number of hydrogen-bond acceptors (Lipinski definition) is 2. The molecule has 0 spiro atoms. The number of nitrogens with one attached hydrogen (secondary N) is 1. The van der Waals surface area contributed by atoms with Gasteiger partial charge in [0.25, 0.3) is 0 Å². The Bertz CT molecular complexity index is 377. The predicted molar refractivity (Wildman–Crippen MR) is 96.7 cm³/mol. The van der Waals surface area contributed by atoms with Crippen LogP contribution in [0.25, 0.3) is 0 Å². The molecule has 3 heteroatoms. The highest BCUT2D eigenvalue weighted by molar-refractivity contribution is 9.10. The summed E-state index contributed by atoms with van der Waals surface area (Å²) in [6, 6.07) is 9.10. The van der Waals surface area contributed by atoms with Crippen molar-refractivity contribution in [1.82, 2.24) is 10.2 Å². The third kappa shape index (κ3) is 7.44. The maximum atomic E-state index is 3.50. The highest BCUT2D eigenvalue weighted by Gasteiger charge is 2.14. The van der Waals surface area contributed by atoms with Gasteiger partial charge in [-0.3, -0.25) is 0 Å². The molecule has 120 valence electrons. The minimum Gasteiger partial charge on any atom is -0.313 e. The quantitative estimate of drug-likeness (QED) is 0.690. The van der Waals surface area contributed by atoms with Gasteiger partial charge in [0.2, 0.25) is 0 Å². The van der Waals surface area contributed by atoms with Gasteiger partial charge >= 0.3 is 0 Å². The molecule has 0 saturated heterocycles. The van der Waals surface area contributed by atoms with Gasteiger partial charge < -0.3 is 10.2 Å². The van der Waals surface area contributed by atoms with Crippen LogP contribution in [0.15, 0.2) is 28.7 Å². The average Bonchev–Trinajstić information content (AvgIpc) is 2.39. The van der Waals surface area contributed by atoms with Crippen molar-refractivity contribution in [2.45, 2.75) is 40.2 Å². The first kappa shape index (κ1) is 18.7.